The largest absolute Gasteiger partial charge is 0.466 e. The van der Waals surface area contributed by atoms with Crippen molar-refractivity contribution in [3.05, 3.63) is 0 Å². The van der Waals surface area contributed by atoms with Crippen molar-refractivity contribution in [1.82, 2.24) is 0 Å². The third-order valence-corrected chi connectivity index (χ3v) is 2.17. The Hall–Kier alpha value is -0.810. The lowest BCUT2D eigenvalue weighted by Gasteiger charge is -2.15. The van der Waals surface area contributed by atoms with Crippen molar-refractivity contribution < 1.29 is 19.1 Å². The Morgan fingerprint density at radius 1 is 1.24 bits per heavy atom. The van der Waals surface area contributed by atoms with E-state index in [1.807, 2.05) is 0 Å². The molecule has 0 saturated carbocycles. The van der Waals surface area contributed by atoms with Crippen LogP contribution in [0.5, 0.6) is 0 Å². The highest BCUT2D eigenvalue weighted by Gasteiger charge is 2.16. The number of hydrogen-bond acceptors (Lipinski definition) is 5. The van der Waals surface area contributed by atoms with Crippen LogP contribution in [0.25, 0.3) is 0 Å². The number of rotatable bonds is 7. The zero-order valence-electron chi connectivity index (χ0n) is 10.6. The standard InChI is InChI=1S/C11H21NO4.ClH/c1-8(2)4-9(6-12)5-10(13)16-7-11(14)15-3;/h8-9H,4-7,12H2,1-3H3;1H/t9-;/m0./s1. The van der Waals surface area contributed by atoms with Crippen LogP contribution in [0.15, 0.2) is 0 Å². The molecule has 102 valence electrons. The van der Waals surface area contributed by atoms with Gasteiger partial charge in [0.2, 0.25) is 0 Å². The minimum absolute atomic E-state index is 0. The zero-order chi connectivity index (χ0) is 12.6. The number of carbonyl (C=O) groups is 2. The van der Waals surface area contributed by atoms with Crippen LogP contribution in [0.4, 0.5) is 0 Å². The molecule has 0 aliphatic heterocycles. The van der Waals surface area contributed by atoms with E-state index in [4.69, 9.17) is 10.5 Å². The maximum absolute atomic E-state index is 11.3. The van der Waals surface area contributed by atoms with E-state index in [0.717, 1.165) is 6.42 Å². The summed E-state index contributed by atoms with van der Waals surface area (Å²) >= 11 is 0. The topological polar surface area (TPSA) is 78.6 Å². The van der Waals surface area contributed by atoms with Gasteiger partial charge in [-0.15, -0.1) is 12.4 Å². The molecule has 0 amide bonds. The van der Waals surface area contributed by atoms with Gasteiger partial charge in [0.05, 0.1) is 7.11 Å². The van der Waals surface area contributed by atoms with Crippen LogP contribution >= 0.6 is 12.4 Å². The molecule has 0 aromatic carbocycles. The van der Waals surface area contributed by atoms with E-state index in [1.165, 1.54) is 7.11 Å². The summed E-state index contributed by atoms with van der Waals surface area (Å²) in [4.78, 5) is 22.1. The number of methoxy groups -OCH3 is 1. The van der Waals surface area contributed by atoms with Crippen molar-refractivity contribution >= 4 is 24.3 Å². The quantitative estimate of drug-likeness (QED) is 0.700. The highest BCUT2D eigenvalue weighted by molar-refractivity contribution is 5.85. The van der Waals surface area contributed by atoms with Gasteiger partial charge in [-0.25, -0.2) is 4.79 Å². The van der Waals surface area contributed by atoms with Crippen LogP contribution in [-0.2, 0) is 19.1 Å². The number of esters is 2. The number of nitrogens with two attached hydrogens (primary N) is 1. The maximum atomic E-state index is 11.3. The van der Waals surface area contributed by atoms with Crippen LogP contribution in [0.2, 0.25) is 0 Å². The summed E-state index contributed by atoms with van der Waals surface area (Å²) in [5.41, 5.74) is 5.55. The second-order valence-electron chi connectivity index (χ2n) is 4.17. The molecular weight excluding hydrogens is 246 g/mol. The van der Waals surface area contributed by atoms with Gasteiger partial charge in [0.25, 0.3) is 0 Å². The van der Waals surface area contributed by atoms with Gasteiger partial charge in [0.1, 0.15) is 0 Å². The highest BCUT2D eigenvalue weighted by Crippen LogP contribution is 2.14. The molecule has 0 radical (unpaired) electrons. The Labute approximate surface area is 108 Å². The summed E-state index contributed by atoms with van der Waals surface area (Å²) < 4.78 is 9.10. The van der Waals surface area contributed by atoms with E-state index < -0.39 is 11.9 Å². The van der Waals surface area contributed by atoms with Gasteiger partial charge in [0.15, 0.2) is 6.61 Å². The SMILES string of the molecule is COC(=O)COC(=O)C[C@@H](CN)CC(C)C.Cl. The molecule has 6 heteroatoms. The molecule has 0 unspecified atom stereocenters. The average molecular weight is 268 g/mol. The average Bonchev–Trinajstić information content (AvgIpc) is 2.24. The molecule has 0 aromatic rings. The molecule has 0 bridgehead atoms. The Kier molecular flexibility index (Phi) is 11.3. The van der Waals surface area contributed by atoms with Crippen LogP contribution in [0.1, 0.15) is 26.7 Å². The van der Waals surface area contributed by atoms with Crippen molar-refractivity contribution in [2.45, 2.75) is 26.7 Å². The van der Waals surface area contributed by atoms with Crippen molar-refractivity contribution in [2.24, 2.45) is 17.6 Å². The molecule has 2 N–H and O–H groups in total. The first kappa shape index (κ1) is 18.6. The molecule has 0 aromatic heterocycles. The normalized spacial score (nSPS) is 11.6. The van der Waals surface area contributed by atoms with E-state index in [9.17, 15) is 9.59 Å². The van der Waals surface area contributed by atoms with Crippen LogP contribution in [0.3, 0.4) is 0 Å². The first-order chi connectivity index (χ1) is 7.49. The molecule has 0 aliphatic rings. The molecule has 0 heterocycles. The van der Waals surface area contributed by atoms with Crippen molar-refractivity contribution in [3.8, 4) is 0 Å². The minimum Gasteiger partial charge on any atom is -0.466 e. The summed E-state index contributed by atoms with van der Waals surface area (Å²) in [6, 6.07) is 0. The predicted octanol–water partition coefficient (Wildman–Crippen LogP) is 1.14. The van der Waals surface area contributed by atoms with Crippen LogP contribution < -0.4 is 5.73 Å². The Balaban J connectivity index is 0. The lowest BCUT2D eigenvalue weighted by atomic mass is 9.94. The second kappa shape index (κ2) is 10.4. The third-order valence-electron chi connectivity index (χ3n) is 2.17. The van der Waals surface area contributed by atoms with Crippen molar-refractivity contribution in [2.75, 3.05) is 20.3 Å². The molecule has 0 fully saturated rings. The van der Waals surface area contributed by atoms with E-state index >= 15 is 0 Å². The van der Waals surface area contributed by atoms with Gasteiger partial charge < -0.3 is 15.2 Å². The number of hydrogen-bond donors (Lipinski definition) is 1. The fourth-order valence-corrected chi connectivity index (χ4v) is 1.42. The molecule has 1 atom stereocenters. The second-order valence-corrected chi connectivity index (χ2v) is 4.17. The number of halogens is 1. The molecule has 17 heavy (non-hydrogen) atoms. The zero-order valence-corrected chi connectivity index (χ0v) is 11.4. The fraction of sp³-hybridized carbons (Fsp3) is 0.818. The summed E-state index contributed by atoms with van der Waals surface area (Å²) in [6.45, 7) is 4.27. The molecular formula is C11H22ClNO4. The molecule has 0 aliphatic carbocycles. The van der Waals surface area contributed by atoms with E-state index in [0.29, 0.717) is 12.5 Å². The van der Waals surface area contributed by atoms with Gasteiger partial charge in [-0.3, -0.25) is 4.79 Å². The van der Waals surface area contributed by atoms with Crippen LogP contribution in [-0.4, -0.2) is 32.2 Å². The first-order valence-electron chi connectivity index (χ1n) is 5.42. The molecule has 0 saturated heterocycles. The van der Waals surface area contributed by atoms with E-state index in [1.54, 1.807) is 0 Å². The van der Waals surface area contributed by atoms with E-state index in [-0.39, 0.29) is 31.4 Å². The van der Waals surface area contributed by atoms with Gasteiger partial charge in [-0.1, -0.05) is 13.8 Å². The lowest BCUT2D eigenvalue weighted by molar-refractivity contribution is -0.157. The number of carbonyl (C=O) groups excluding carboxylic acids is 2. The van der Waals surface area contributed by atoms with Gasteiger partial charge in [-0.2, -0.15) is 0 Å². The van der Waals surface area contributed by atoms with Crippen molar-refractivity contribution in [1.29, 1.82) is 0 Å². The van der Waals surface area contributed by atoms with E-state index in [2.05, 4.69) is 18.6 Å². The number of ether oxygens (including phenoxy) is 2. The molecule has 0 spiro atoms. The molecule has 0 rings (SSSR count). The Bertz CT molecular complexity index is 234. The summed E-state index contributed by atoms with van der Waals surface area (Å²) in [5, 5.41) is 0. The Morgan fingerprint density at radius 2 is 1.82 bits per heavy atom. The maximum Gasteiger partial charge on any atom is 0.344 e. The minimum atomic E-state index is -0.554. The third kappa shape index (κ3) is 10.1. The predicted molar refractivity (Wildman–Crippen MR) is 66.8 cm³/mol. The van der Waals surface area contributed by atoms with Crippen molar-refractivity contribution in [3.63, 3.8) is 0 Å². The summed E-state index contributed by atoms with van der Waals surface area (Å²) in [6.07, 6.45) is 1.13. The highest BCUT2D eigenvalue weighted by atomic mass is 35.5. The fourth-order valence-electron chi connectivity index (χ4n) is 1.42. The monoisotopic (exact) mass is 267 g/mol. The lowest BCUT2D eigenvalue weighted by Crippen LogP contribution is -2.23. The van der Waals surface area contributed by atoms with Gasteiger partial charge >= 0.3 is 11.9 Å². The molecule has 5 nitrogen and oxygen atoms in total. The first-order valence-corrected chi connectivity index (χ1v) is 5.42. The smallest absolute Gasteiger partial charge is 0.344 e. The van der Waals surface area contributed by atoms with Gasteiger partial charge in [0, 0.05) is 6.42 Å². The summed E-state index contributed by atoms with van der Waals surface area (Å²) in [5.74, 6) is -0.352. The van der Waals surface area contributed by atoms with Crippen LogP contribution in [0, 0.1) is 11.8 Å². The Morgan fingerprint density at radius 3 is 2.24 bits per heavy atom. The summed E-state index contributed by atoms with van der Waals surface area (Å²) in [7, 11) is 1.25. The van der Waals surface area contributed by atoms with Gasteiger partial charge in [-0.05, 0) is 24.8 Å².